The van der Waals surface area contributed by atoms with Gasteiger partial charge in [0, 0.05) is 51.5 Å². The zero-order valence-electron chi connectivity index (χ0n) is 25.3. The second-order valence-corrected chi connectivity index (χ2v) is 12.7. The quantitative estimate of drug-likeness (QED) is 0.411. The number of hydrogen-bond acceptors (Lipinski definition) is 7. The van der Waals surface area contributed by atoms with Crippen molar-refractivity contribution in [3.05, 3.63) is 52.1 Å². The lowest BCUT2D eigenvalue weighted by Gasteiger charge is -2.37. The number of aromatic nitrogens is 2. The van der Waals surface area contributed by atoms with Gasteiger partial charge in [-0.15, -0.1) is 0 Å². The van der Waals surface area contributed by atoms with Gasteiger partial charge in [0.15, 0.2) is 0 Å². The number of likely N-dealkylation sites (tertiary alicyclic amines) is 1. The van der Waals surface area contributed by atoms with E-state index in [1.165, 1.54) is 29.3 Å². The molecule has 2 aliphatic heterocycles. The van der Waals surface area contributed by atoms with Gasteiger partial charge in [0.2, 0.25) is 5.91 Å². The van der Waals surface area contributed by atoms with Gasteiger partial charge in [0.05, 0.1) is 16.8 Å². The zero-order chi connectivity index (χ0) is 32.0. The molecule has 2 aromatic rings. The topological polar surface area (TPSA) is 143 Å². The lowest BCUT2D eigenvalue weighted by Crippen LogP contribution is -2.58. The van der Waals surface area contributed by atoms with E-state index < -0.39 is 29.0 Å². The number of alkyl halides is 3. The van der Waals surface area contributed by atoms with E-state index in [9.17, 15) is 27.6 Å². The molecule has 1 aromatic heterocycles. The summed E-state index contributed by atoms with van der Waals surface area (Å²) in [4.78, 5) is 47.3. The van der Waals surface area contributed by atoms with Crippen LogP contribution in [0.15, 0.2) is 35.3 Å². The molecule has 14 heteroatoms. The predicted molar refractivity (Wildman–Crippen MR) is 159 cm³/mol. The number of anilines is 1. The lowest BCUT2D eigenvalue weighted by atomic mass is 9.96. The summed E-state index contributed by atoms with van der Waals surface area (Å²) in [6.07, 6.45) is -2.34. The fraction of sp³-hybridized carbons (Fsp3) is 0.600. The summed E-state index contributed by atoms with van der Waals surface area (Å²) in [7, 11) is 0. The van der Waals surface area contributed by atoms with Gasteiger partial charge in [-0.05, 0) is 74.8 Å². The van der Waals surface area contributed by atoms with Crippen LogP contribution in [0.4, 0.5) is 23.8 Å². The number of piperazine rings is 1. The van der Waals surface area contributed by atoms with Crippen molar-refractivity contribution >= 4 is 17.8 Å². The molecular formula is C30H41F3N8O3. The summed E-state index contributed by atoms with van der Waals surface area (Å²) in [5.74, 6) is 1.40. The molecule has 0 bridgehead atoms. The van der Waals surface area contributed by atoms with Gasteiger partial charge < -0.3 is 21.3 Å². The minimum absolute atomic E-state index is 0.0172. The number of piperidine rings is 1. The molecule has 3 amide bonds. The minimum atomic E-state index is -4.61. The largest absolute Gasteiger partial charge is 0.416 e. The van der Waals surface area contributed by atoms with Crippen LogP contribution in [0.25, 0.3) is 5.69 Å². The molecule has 11 nitrogen and oxygen atoms in total. The van der Waals surface area contributed by atoms with Crippen molar-refractivity contribution in [2.75, 3.05) is 51.1 Å². The molecule has 1 saturated carbocycles. The first-order valence-corrected chi connectivity index (χ1v) is 15.1. The molecule has 1 aromatic carbocycles. The smallest absolute Gasteiger partial charge is 0.338 e. The number of carbonyl (C=O) groups excluding carboxylic acids is 2. The third kappa shape index (κ3) is 6.61. The Balaban J connectivity index is 1.26. The van der Waals surface area contributed by atoms with Gasteiger partial charge >= 0.3 is 17.9 Å². The Morgan fingerprint density at radius 3 is 2.25 bits per heavy atom. The van der Waals surface area contributed by atoms with Gasteiger partial charge in [-0.1, -0.05) is 13.0 Å². The van der Waals surface area contributed by atoms with Crippen LogP contribution in [0.5, 0.6) is 0 Å². The van der Waals surface area contributed by atoms with Gasteiger partial charge in [-0.3, -0.25) is 19.6 Å². The predicted octanol–water partition coefficient (Wildman–Crippen LogP) is 2.12. The summed E-state index contributed by atoms with van der Waals surface area (Å²) in [5.41, 5.74) is 9.30. The number of halogens is 3. The Morgan fingerprint density at radius 2 is 1.70 bits per heavy atom. The molecule has 3 fully saturated rings. The third-order valence-corrected chi connectivity index (χ3v) is 9.24. The number of benzene rings is 1. The highest BCUT2D eigenvalue weighted by Crippen LogP contribution is 2.51. The highest BCUT2D eigenvalue weighted by atomic mass is 19.4. The van der Waals surface area contributed by atoms with E-state index in [0.717, 1.165) is 30.1 Å². The molecule has 3 heterocycles. The van der Waals surface area contributed by atoms with E-state index in [2.05, 4.69) is 15.2 Å². The average molecular weight is 619 g/mol. The summed E-state index contributed by atoms with van der Waals surface area (Å²) >= 11 is 0. The maximum atomic E-state index is 14.2. The first-order valence-electron chi connectivity index (χ1n) is 15.1. The Kier molecular flexibility index (Phi) is 8.80. The maximum absolute atomic E-state index is 14.2. The van der Waals surface area contributed by atoms with Gasteiger partial charge in [-0.2, -0.15) is 18.2 Å². The standard InChI is InChI=1S/C30H41F3N8O3/c1-4-19(40-16-22-21(15-34)23(22)17-40)13-18-5-6-20(14-24(18)30(31,32)33)41-8-7-25(37-28(41)44)36-27(43)39-11-9-38(10-12-39)26(42)29(2,3)35/h5-8,14,19,21-23H,4,9-13,15-17,34-35H2,1-3H3,(H,36,37,43,44)/t19?,21?,22-,23+. The summed E-state index contributed by atoms with van der Waals surface area (Å²) in [5, 5.41) is 2.56. The van der Waals surface area contributed by atoms with Crippen molar-refractivity contribution in [2.45, 2.75) is 51.4 Å². The van der Waals surface area contributed by atoms with E-state index in [1.807, 2.05) is 6.92 Å². The van der Waals surface area contributed by atoms with Crippen LogP contribution >= 0.6 is 0 Å². The number of urea groups is 1. The normalized spacial score (nSPS) is 23.0. The van der Waals surface area contributed by atoms with Crippen LogP contribution in [0, 0.1) is 17.8 Å². The van der Waals surface area contributed by atoms with E-state index in [-0.39, 0.29) is 48.5 Å². The minimum Gasteiger partial charge on any atom is -0.338 e. The fourth-order valence-corrected chi connectivity index (χ4v) is 6.65. The second-order valence-electron chi connectivity index (χ2n) is 12.7. The number of rotatable bonds is 8. The van der Waals surface area contributed by atoms with E-state index in [0.29, 0.717) is 37.4 Å². The highest BCUT2D eigenvalue weighted by molar-refractivity contribution is 5.89. The number of nitrogens with two attached hydrogens (primary N) is 2. The van der Waals surface area contributed by atoms with Crippen molar-refractivity contribution in [3.8, 4) is 5.69 Å². The van der Waals surface area contributed by atoms with Gasteiger partial charge in [0.1, 0.15) is 5.82 Å². The number of carbonyl (C=O) groups is 2. The van der Waals surface area contributed by atoms with E-state index >= 15 is 0 Å². The van der Waals surface area contributed by atoms with Crippen LogP contribution in [0.2, 0.25) is 0 Å². The van der Waals surface area contributed by atoms with Crippen molar-refractivity contribution < 1.29 is 22.8 Å². The first kappa shape index (κ1) is 31.9. The Bertz CT molecular complexity index is 1440. The second kappa shape index (κ2) is 12.1. The van der Waals surface area contributed by atoms with Crippen LogP contribution in [0.1, 0.15) is 38.3 Å². The number of nitrogens with zero attached hydrogens (tertiary/aromatic N) is 5. The molecule has 0 radical (unpaired) electrons. The fourth-order valence-electron chi connectivity index (χ4n) is 6.65. The molecule has 240 valence electrons. The van der Waals surface area contributed by atoms with Crippen LogP contribution in [-0.4, -0.2) is 93.6 Å². The van der Waals surface area contributed by atoms with Gasteiger partial charge in [0.25, 0.3) is 0 Å². The molecule has 1 aliphatic carbocycles. The summed E-state index contributed by atoms with van der Waals surface area (Å²) < 4.78 is 43.7. The monoisotopic (exact) mass is 618 g/mol. The molecule has 2 saturated heterocycles. The van der Waals surface area contributed by atoms with Crippen molar-refractivity contribution in [1.29, 1.82) is 0 Å². The molecule has 3 aliphatic rings. The molecular weight excluding hydrogens is 577 g/mol. The van der Waals surface area contributed by atoms with Crippen molar-refractivity contribution in [3.63, 3.8) is 0 Å². The Morgan fingerprint density at radius 1 is 1.07 bits per heavy atom. The maximum Gasteiger partial charge on any atom is 0.416 e. The van der Waals surface area contributed by atoms with E-state index in [4.69, 9.17) is 11.5 Å². The number of fused-ring (bicyclic) bond motifs is 1. The molecule has 44 heavy (non-hydrogen) atoms. The zero-order valence-corrected chi connectivity index (χ0v) is 25.3. The average Bonchev–Trinajstić information content (AvgIpc) is 3.44. The number of nitrogens with one attached hydrogen (secondary N) is 1. The highest BCUT2D eigenvalue weighted by Gasteiger charge is 2.55. The number of amides is 3. The lowest BCUT2D eigenvalue weighted by molar-refractivity contribution is -0.138. The van der Waals surface area contributed by atoms with E-state index in [1.54, 1.807) is 18.7 Å². The van der Waals surface area contributed by atoms with Crippen molar-refractivity contribution in [2.24, 2.45) is 29.2 Å². The molecule has 2 unspecified atom stereocenters. The van der Waals surface area contributed by atoms with Crippen molar-refractivity contribution in [1.82, 2.24) is 24.3 Å². The Labute approximate surface area is 254 Å². The SMILES string of the molecule is CCC(Cc1ccc(-n2ccc(NC(=O)N3CCN(C(=O)C(C)(C)N)CC3)nc2=O)cc1C(F)(F)F)N1C[C@@H]2C(CN)[C@@H]2C1. The van der Waals surface area contributed by atoms with Crippen LogP contribution in [-0.2, 0) is 17.4 Å². The molecule has 4 atom stereocenters. The Hall–Kier alpha value is -3.49. The first-order chi connectivity index (χ1) is 20.7. The molecule has 5 rings (SSSR count). The summed E-state index contributed by atoms with van der Waals surface area (Å²) in [6, 6.07) is 4.76. The molecule has 0 spiro atoms. The third-order valence-electron chi connectivity index (χ3n) is 9.24. The molecule has 5 N–H and O–H groups in total. The number of hydrogen-bond donors (Lipinski definition) is 3. The summed E-state index contributed by atoms with van der Waals surface area (Å²) in [6.45, 7) is 8.80. The van der Waals surface area contributed by atoms with Crippen LogP contribution < -0.4 is 22.5 Å². The van der Waals surface area contributed by atoms with Crippen LogP contribution in [0.3, 0.4) is 0 Å². The van der Waals surface area contributed by atoms with Gasteiger partial charge in [-0.25, -0.2) is 9.59 Å².